The number of likely N-dealkylation sites (N-methyl/N-ethyl adjacent to an activating group) is 2. The minimum atomic E-state index is -3.78. The van der Waals surface area contributed by atoms with Crippen LogP contribution in [0.3, 0.4) is 0 Å². The lowest BCUT2D eigenvalue weighted by molar-refractivity contribution is -0.139. The van der Waals surface area contributed by atoms with Crippen molar-refractivity contribution in [1.29, 1.82) is 0 Å². The van der Waals surface area contributed by atoms with E-state index in [0.29, 0.717) is 13.1 Å². The number of nitrogens with zero attached hydrogens (tertiary/aromatic N) is 3. The molecule has 0 bridgehead atoms. The summed E-state index contributed by atoms with van der Waals surface area (Å²) in [5, 5.41) is 0. The standard InChI is InChI=1S/C20H30N4O4S/c1-22-9-11-24(12-10-22)20(26)15-23(2)19(25)14-21-29(27,28)18-8-7-16-5-3-4-6-17(16)13-18/h7-8,13,21H,3-6,9-12,14-15H2,1-2H3. The maximum absolute atomic E-state index is 12.6. The van der Waals surface area contributed by atoms with E-state index in [-0.39, 0.29) is 23.9 Å². The van der Waals surface area contributed by atoms with Crippen LogP contribution < -0.4 is 4.72 Å². The van der Waals surface area contributed by atoms with Gasteiger partial charge in [0.25, 0.3) is 0 Å². The Morgan fingerprint density at radius 2 is 1.72 bits per heavy atom. The van der Waals surface area contributed by atoms with Crippen LogP contribution in [0.5, 0.6) is 0 Å². The maximum Gasteiger partial charge on any atom is 0.242 e. The van der Waals surface area contributed by atoms with Gasteiger partial charge in [-0.3, -0.25) is 9.59 Å². The van der Waals surface area contributed by atoms with Crippen molar-refractivity contribution in [2.45, 2.75) is 30.6 Å². The average molecular weight is 423 g/mol. The zero-order valence-corrected chi connectivity index (χ0v) is 18.0. The van der Waals surface area contributed by atoms with E-state index in [0.717, 1.165) is 44.3 Å². The first-order chi connectivity index (χ1) is 13.8. The van der Waals surface area contributed by atoms with Gasteiger partial charge in [-0.1, -0.05) is 6.07 Å². The van der Waals surface area contributed by atoms with Crippen LogP contribution in [0.1, 0.15) is 24.0 Å². The van der Waals surface area contributed by atoms with Crippen LogP contribution in [0.15, 0.2) is 23.1 Å². The van der Waals surface area contributed by atoms with E-state index in [1.807, 2.05) is 13.1 Å². The molecule has 160 valence electrons. The molecule has 0 atom stereocenters. The van der Waals surface area contributed by atoms with Crippen LogP contribution in [0.25, 0.3) is 0 Å². The summed E-state index contributed by atoms with van der Waals surface area (Å²) in [6.07, 6.45) is 4.06. The molecule has 1 fully saturated rings. The van der Waals surface area contributed by atoms with Crippen LogP contribution in [0.4, 0.5) is 0 Å². The van der Waals surface area contributed by atoms with Gasteiger partial charge in [0.1, 0.15) is 0 Å². The van der Waals surface area contributed by atoms with E-state index in [1.54, 1.807) is 17.0 Å². The highest BCUT2D eigenvalue weighted by Gasteiger charge is 2.23. The molecule has 8 nitrogen and oxygen atoms in total. The first kappa shape index (κ1) is 21.7. The van der Waals surface area contributed by atoms with Crippen molar-refractivity contribution in [3.63, 3.8) is 0 Å². The Hall–Kier alpha value is -1.97. The first-order valence-electron chi connectivity index (χ1n) is 10.1. The van der Waals surface area contributed by atoms with Crippen molar-refractivity contribution in [2.24, 2.45) is 0 Å². The Kier molecular flexibility index (Phi) is 6.92. The molecule has 0 aromatic heterocycles. The Bertz CT molecular complexity index is 863. The summed E-state index contributed by atoms with van der Waals surface area (Å²) in [7, 11) is -0.252. The SMILES string of the molecule is CN1CCN(C(=O)CN(C)C(=O)CNS(=O)(=O)c2ccc3c(c2)CCCC3)CC1. The fourth-order valence-electron chi connectivity index (χ4n) is 3.70. The highest BCUT2D eigenvalue weighted by molar-refractivity contribution is 7.89. The molecule has 1 aromatic rings. The summed E-state index contributed by atoms with van der Waals surface area (Å²) >= 11 is 0. The molecule has 1 saturated heterocycles. The number of amides is 2. The van der Waals surface area contributed by atoms with E-state index in [1.165, 1.54) is 17.5 Å². The normalized spacial score (nSPS) is 17.7. The molecule has 1 N–H and O–H groups in total. The largest absolute Gasteiger partial charge is 0.339 e. The lowest BCUT2D eigenvalue weighted by Crippen LogP contribution is -2.51. The van der Waals surface area contributed by atoms with Gasteiger partial charge in [-0.15, -0.1) is 0 Å². The number of carbonyl (C=O) groups is 2. The van der Waals surface area contributed by atoms with Crippen LogP contribution >= 0.6 is 0 Å². The Morgan fingerprint density at radius 3 is 2.41 bits per heavy atom. The second-order valence-corrected chi connectivity index (χ2v) is 9.66. The quantitative estimate of drug-likeness (QED) is 0.701. The van der Waals surface area contributed by atoms with Gasteiger partial charge in [0.15, 0.2) is 0 Å². The summed E-state index contributed by atoms with van der Waals surface area (Å²) in [6.45, 7) is 2.48. The third-order valence-electron chi connectivity index (χ3n) is 5.70. The number of piperazine rings is 1. The molecule has 0 spiro atoms. The molecule has 29 heavy (non-hydrogen) atoms. The highest BCUT2D eigenvalue weighted by Crippen LogP contribution is 2.24. The predicted octanol–water partition coefficient (Wildman–Crippen LogP) is 0.0761. The van der Waals surface area contributed by atoms with E-state index in [9.17, 15) is 18.0 Å². The van der Waals surface area contributed by atoms with Gasteiger partial charge in [-0.25, -0.2) is 13.1 Å². The summed E-state index contributed by atoms with van der Waals surface area (Å²) in [5.74, 6) is -0.555. The number of sulfonamides is 1. The fourth-order valence-corrected chi connectivity index (χ4v) is 4.72. The van der Waals surface area contributed by atoms with Crippen LogP contribution in [0, 0.1) is 0 Å². The van der Waals surface area contributed by atoms with Crippen LogP contribution in [-0.2, 0) is 32.5 Å². The van der Waals surface area contributed by atoms with Crippen LogP contribution in [-0.4, -0.2) is 88.3 Å². The van der Waals surface area contributed by atoms with Crippen molar-refractivity contribution in [3.05, 3.63) is 29.3 Å². The van der Waals surface area contributed by atoms with E-state index in [2.05, 4.69) is 9.62 Å². The lowest BCUT2D eigenvalue weighted by Gasteiger charge is -2.33. The lowest BCUT2D eigenvalue weighted by atomic mass is 9.92. The van der Waals surface area contributed by atoms with Gasteiger partial charge in [0.2, 0.25) is 21.8 Å². The molecular weight excluding hydrogens is 392 g/mol. The molecule has 3 rings (SSSR count). The molecule has 0 radical (unpaired) electrons. The Labute approximate surface area is 172 Å². The summed E-state index contributed by atoms with van der Waals surface area (Å²) < 4.78 is 27.5. The summed E-state index contributed by atoms with van der Waals surface area (Å²) in [4.78, 5) is 30.0. The zero-order valence-electron chi connectivity index (χ0n) is 17.2. The van der Waals surface area contributed by atoms with Gasteiger partial charge in [-0.05, 0) is 56.0 Å². The topological polar surface area (TPSA) is 90.0 Å². The third-order valence-corrected chi connectivity index (χ3v) is 7.10. The number of aryl methyl sites for hydroxylation is 2. The molecule has 1 aromatic carbocycles. The third kappa shape index (κ3) is 5.55. The molecular formula is C20H30N4O4S. The minimum Gasteiger partial charge on any atom is -0.339 e. The van der Waals surface area contributed by atoms with E-state index in [4.69, 9.17) is 0 Å². The van der Waals surface area contributed by atoms with Gasteiger partial charge < -0.3 is 14.7 Å². The number of rotatable bonds is 6. The molecule has 1 aliphatic carbocycles. The first-order valence-corrected chi connectivity index (χ1v) is 11.6. The Morgan fingerprint density at radius 1 is 1.07 bits per heavy atom. The zero-order chi connectivity index (χ0) is 21.0. The van der Waals surface area contributed by atoms with Crippen molar-refractivity contribution in [1.82, 2.24) is 19.4 Å². The van der Waals surface area contributed by atoms with Crippen molar-refractivity contribution >= 4 is 21.8 Å². The second-order valence-electron chi connectivity index (χ2n) is 7.90. The van der Waals surface area contributed by atoms with E-state index < -0.39 is 15.9 Å². The minimum absolute atomic E-state index is 0.0525. The van der Waals surface area contributed by atoms with Crippen molar-refractivity contribution in [2.75, 3.05) is 53.4 Å². The monoisotopic (exact) mass is 422 g/mol. The van der Waals surface area contributed by atoms with Crippen LogP contribution in [0.2, 0.25) is 0 Å². The number of benzene rings is 1. The smallest absolute Gasteiger partial charge is 0.242 e. The number of carbonyl (C=O) groups excluding carboxylic acids is 2. The number of hydrogen-bond donors (Lipinski definition) is 1. The molecule has 0 unspecified atom stereocenters. The molecule has 9 heteroatoms. The molecule has 1 heterocycles. The van der Waals surface area contributed by atoms with Crippen molar-refractivity contribution in [3.8, 4) is 0 Å². The molecule has 2 amide bonds. The number of nitrogens with one attached hydrogen (secondary N) is 1. The molecule has 2 aliphatic rings. The predicted molar refractivity (Wildman–Crippen MR) is 110 cm³/mol. The van der Waals surface area contributed by atoms with Crippen molar-refractivity contribution < 1.29 is 18.0 Å². The molecule has 0 saturated carbocycles. The van der Waals surface area contributed by atoms with Gasteiger partial charge in [-0.2, -0.15) is 0 Å². The number of fused-ring (bicyclic) bond motifs is 1. The van der Waals surface area contributed by atoms with Gasteiger partial charge in [0, 0.05) is 33.2 Å². The molecule has 1 aliphatic heterocycles. The summed E-state index contributed by atoms with van der Waals surface area (Å²) in [5.41, 5.74) is 2.27. The highest BCUT2D eigenvalue weighted by atomic mass is 32.2. The number of hydrogen-bond acceptors (Lipinski definition) is 5. The van der Waals surface area contributed by atoms with Gasteiger partial charge in [0.05, 0.1) is 18.0 Å². The van der Waals surface area contributed by atoms with E-state index >= 15 is 0 Å². The summed E-state index contributed by atoms with van der Waals surface area (Å²) in [6, 6.07) is 5.17. The van der Waals surface area contributed by atoms with Gasteiger partial charge >= 0.3 is 0 Å². The second kappa shape index (κ2) is 9.23. The average Bonchev–Trinajstić information content (AvgIpc) is 2.72. The maximum atomic E-state index is 12.6. The fraction of sp³-hybridized carbons (Fsp3) is 0.600. The Balaban J connectivity index is 1.53.